The highest BCUT2D eigenvalue weighted by molar-refractivity contribution is 7.26. The van der Waals surface area contributed by atoms with Gasteiger partial charge in [-0.3, -0.25) is 0 Å². The van der Waals surface area contributed by atoms with Gasteiger partial charge in [-0.1, -0.05) is 261 Å². The van der Waals surface area contributed by atoms with Crippen LogP contribution in [0.2, 0.25) is 0 Å². The molecule has 17 aromatic carbocycles. The van der Waals surface area contributed by atoms with Crippen molar-refractivity contribution in [1.82, 2.24) is 9.13 Å². The molecule has 0 amide bonds. The molecule has 0 aliphatic rings. The normalized spacial score (nSPS) is 11.7. The van der Waals surface area contributed by atoms with Crippen molar-refractivity contribution in [3.05, 3.63) is 388 Å². The van der Waals surface area contributed by atoms with Gasteiger partial charge in [0.2, 0.25) is 0 Å². The molecular weight excluding hydrogens is 1270 g/mol. The summed E-state index contributed by atoms with van der Waals surface area (Å²) in [7, 11) is 0. The summed E-state index contributed by atoms with van der Waals surface area (Å²) in [6.07, 6.45) is 0. The first kappa shape index (κ1) is 59.7. The molecule has 0 aliphatic heterocycles. The smallest absolute Gasteiger partial charge is 0.0619 e. The highest BCUT2D eigenvalue weighted by Crippen LogP contribution is 2.49. The van der Waals surface area contributed by atoms with Gasteiger partial charge in [-0.15, -0.1) is 11.3 Å². The monoisotopic (exact) mass is 1330 g/mol. The molecule has 4 nitrogen and oxygen atoms in total. The topological polar surface area (TPSA) is 16.3 Å². The number of rotatable bonds is 13. The molecule has 482 valence electrons. The molecule has 0 spiro atoms. The average molecular weight is 1330 g/mol. The fraction of sp³-hybridized carbons (Fsp3) is 0. The van der Waals surface area contributed by atoms with E-state index in [0.29, 0.717) is 0 Å². The maximum Gasteiger partial charge on any atom is 0.0619 e. The van der Waals surface area contributed by atoms with E-state index in [0.717, 1.165) is 67.8 Å². The molecule has 3 heterocycles. The Labute approximate surface area is 601 Å². The summed E-state index contributed by atoms with van der Waals surface area (Å²) in [6.45, 7) is 0. The predicted octanol–water partition coefficient (Wildman–Crippen LogP) is 27.8. The number of anilines is 6. The van der Waals surface area contributed by atoms with Crippen LogP contribution < -0.4 is 9.80 Å². The summed E-state index contributed by atoms with van der Waals surface area (Å²) in [5, 5.41) is 12.3. The molecule has 103 heavy (non-hydrogen) atoms. The average Bonchev–Trinajstić information content (AvgIpc) is 1.45. The molecule has 0 radical (unpaired) electrons. The number of nitrogens with zero attached hydrogens (tertiary/aromatic N) is 4. The SMILES string of the molecule is c1ccc(-c2ccc(N(c3ccc(-c4ccc5c(c4)c4ccccc4n5-c4ccccc4)cc3)c3ccc(-c4ccc(-c5cccc(N(c6ccc(-c7cc8c9ccccc9n(-c9ccccc9)c8c8ccccc78)cc6)c6cccc7ccccc67)c5)c5c4sc4ccccc45)cc3)cc2)cc1. The second-order valence-electron chi connectivity index (χ2n) is 26.7. The molecular formula is C98H64N4S. The summed E-state index contributed by atoms with van der Waals surface area (Å²) in [4.78, 5) is 4.83. The molecule has 20 aromatic rings. The van der Waals surface area contributed by atoms with E-state index in [1.54, 1.807) is 0 Å². The summed E-state index contributed by atoms with van der Waals surface area (Å²) >= 11 is 1.88. The van der Waals surface area contributed by atoms with Crippen LogP contribution in [0, 0.1) is 0 Å². The highest BCUT2D eigenvalue weighted by Gasteiger charge is 2.24. The van der Waals surface area contributed by atoms with Gasteiger partial charge in [0, 0.05) is 92.3 Å². The van der Waals surface area contributed by atoms with Crippen LogP contribution >= 0.6 is 11.3 Å². The van der Waals surface area contributed by atoms with Crippen molar-refractivity contribution < 1.29 is 0 Å². The van der Waals surface area contributed by atoms with Crippen LogP contribution in [0.4, 0.5) is 34.1 Å². The highest BCUT2D eigenvalue weighted by atomic mass is 32.1. The van der Waals surface area contributed by atoms with E-state index in [1.165, 1.54) is 119 Å². The molecule has 0 saturated heterocycles. The lowest BCUT2D eigenvalue weighted by atomic mass is 9.94. The zero-order valence-corrected chi connectivity index (χ0v) is 57.0. The lowest BCUT2D eigenvalue weighted by molar-refractivity contribution is 1.18. The van der Waals surface area contributed by atoms with E-state index in [4.69, 9.17) is 0 Å². The van der Waals surface area contributed by atoms with Crippen LogP contribution in [0.3, 0.4) is 0 Å². The number of hydrogen-bond acceptors (Lipinski definition) is 3. The van der Waals surface area contributed by atoms with Crippen LogP contribution in [0.5, 0.6) is 0 Å². The molecule has 5 heteroatoms. The maximum absolute atomic E-state index is 2.45. The first-order chi connectivity index (χ1) is 51.1. The first-order valence-corrected chi connectivity index (χ1v) is 36.1. The van der Waals surface area contributed by atoms with E-state index in [-0.39, 0.29) is 0 Å². The fourth-order valence-electron chi connectivity index (χ4n) is 16.1. The van der Waals surface area contributed by atoms with Crippen LogP contribution in [0.1, 0.15) is 0 Å². The Morgan fingerprint density at radius 1 is 0.223 bits per heavy atom. The predicted molar refractivity (Wildman–Crippen MR) is 440 cm³/mol. The Bertz CT molecular complexity index is 6630. The third kappa shape index (κ3) is 10.2. The second-order valence-corrected chi connectivity index (χ2v) is 27.8. The Balaban J connectivity index is 0.668. The van der Waals surface area contributed by atoms with Crippen LogP contribution in [-0.2, 0) is 0 Å². The molecule has 0 saturated carbocycles. The van der Waals surface area contributed by atoms with Crippen molar-refractivity contribution in [3.63, 3.8) is 0 Å². The minimum atomic E-state index is 1.07. The van der Waals surface area contributed by atoms with Gasteiger partial charge >= 0.3 is 0 Å². The summed E-state index contributed by atoms with van der Waals surface area (Å²) in [5.41, 5.74) is 25.4. The zero-order valence-electron chi connectivity index (χ0n) is 56.1. The number of aromatic nitrogens is 2. The van der Waals surface area contributed by atoms with E-state index in [2.05, 4.69) is 407 Å². The van der Waals surface area contributed by atoms with Gasteiger partial charge < -0.3 is 18.9 Å². The van der Waals surface area contributed by atoms with Crippen molar-refractivity contribution in [3.8, 4) is 67.0 Å². The van der Waals surface area contributed by atoms with Gasteiger partial charge in [-0.2, -0.15) is 0 Å². The van der Waals surface area contributed by atoms with Crippen LogP contribution in [0.25, 0.3) is 152 Å². The van der Waals surface area contributed by atoms with Gasteiger partial charge in [0.15, 0.2) is 0 Å². The maximum atomic E-state index is 2.45. The number of hydrogen-bond donors (Lipinski definition) is 0. The molecule has 3 aromatic heterocycles. The molecule has 0 fully saturated rings. The summed E-state index contributed by atoms with van der Waals surface area (Å²) < 4.78 is 7.34. The minimum absolute atomic E-state index is 1.07. The molecule has 0 atom stereocenters. The molecule has 0 aliphatic carbocycles. The standard InChI is InChI=1S/C98H64N4S/c1-4-22-65(23-5-1)66-42-51-75(52-43-66)99(76-53-44-67(45-54-76)71-50-61-94-89(63-71)84-34-14-17-38-92(84)101(94)73-27-6-2-7-28-73)77-55-46-69(47-56-77)82-60-59-81(96-87-37-16-19-41-95(87)103-98(82)96)72-26-20-31-79(62-72)100(91-40-21-25-68-24-10-11-32-80(68)91)78-57-48-70(49-58-78)88-64-90-85-35-15-18-39-93(85)102(74-29-8-3-9-30-74)97(90)86-36-13-12-33-83(86)88/h1-64H. The Morgan fingerprint density at radius 2 is 0.680 bits per heavy atom. The van der Waals surface area contributed by atoms with E-state index in [1.807, 2.05) is 11.3 Å². The second kappa shape index (κ2) is 24.8. The molecule has 0 unspecified atom stereocenters. The Hall–Kier alpha value is -13.3. The van der Waals surface area contributed by atoms with Gasteiger partial charge in [-0.25, -0.2) is 0 Å². The third-order valence-electron chi connectivity index (χ3n) is 20.9. The summed E-state index contributed by atoms with van der Waals surface area (Å²) in [6, 6.07) is 143. The first-order valence-electron chi connectivity index (χ1n) is 35.3. The van der Waals surface area contributed by atoms with Crippen LogP contribution in [0.15, 0.2) is 388 Å². The van der Waals surface area contributed by atoms with E-state index >= 15 is 0 Å². The van der Waals surface area contributed by atoms with Crippen molar-refractivity contribution >= 4 is 131 Å². The van der Waals surface area contributed by atoms with Crippen LogP contribution in [-0.4, -0.2) is 9.13 Å². The van der Waals surface area contributed by atoms with E-state index in [9.17, 15) is 0 Å². The van der Waals surface area contributed by atoms with Crippen molar-refractivity contribution in [2.24, 2.45) is 0 Å². The third-order valence-corrected chi connectivity index (χ3v) is 22.1. The number of thiophene rings is 1. The van der Waals surface area contributed by atoms with Crippen molar-refractivity contribution in [2.45, 2.75) is 0 Å². The van der Waals surface area contributed by atoms with Crippen molar-refractivity contribution in [2.75, 3.05) is 9.80 Å². The molecule has 0 bridgehead atoms. The van der Waals surface area contributed by atoms with Gasteiger partial charge in [0.1, 0.15) is 0 Å². The Kier molecular flexibility index (Phi) is 14.4. The molecule has 0 N–H and O–H groups in total. The van der Waals surface area contributed by atoms with Gasteiger partial charge in [-0.05, 0) is 194 Å². The number of benzene rings is 17. The Morgan fingerprint density at radius 3 is 1.36 bits per heavy atom. The quantitative estimate of drug-likeness (QED) is 0.114. The zero-order chi connectivity index (χ0) is 67.9. The lowest BCUT2D eigenvalue weighted by Crippen LogP contribution is -2.10. The molecule has 20 rings (SSSR count). The fourth-order valence-corrected chi connectivity index (χ4v) is 17.4. The van der Waals surface area contributed by atoms with E-state index < -0.39 is 0 Å². The minimum Gasteiger partial charge on any atom is -0.311 e. The lowest BCUT2D eigenvalue weighted by Gasteiger charge is -2.27. The van der Waals surface area contributed by atoms with Gasteiger partial charge in [0.25, 0.3) is 0 Å². The number of para-hydroxylation sites is 4. The van der Waals surface area contributed by atoms with Crippen molar-refractivity contribution in [1.29, 1.82) is 0 Å². The summed E-state index contributed by atoms with van der Waals surface area (Å²) in [5.74, 6) is 0. The van der Waals surface area contributed by atoms with Gasteiger partial charge in [0.05, 0.1) is 27.8 Å². The number of fused-ring (bicyclic) bond motifs is 12. The largest absolute Gasteiger partial charge is 0.311 e.